The van der Waals surface area contributed by atoms with Gasteiger partial charge >= 0.3 is 0 Å². The second kappa shape index (κ2) is 6.14. The first-order valence-corrected chi connectivity index (χ1v) is 6.84. The number of rotatable bonds is 3. The Labute approximate surface area is 109 Å². The van der Waals surface area contributed by atoms with Crippen molar-refractivity contribution in [3.8, 4) is 0 Å². The summed E-state index contributed by atoms with van der Waals surface area (Å²) in [6, 6.07) is 5.39. The Balaban J connectivity index is 2.32. The van der Waals surface area contributed by atoms with E-state index in [1.807, 2.05) is 26.1 Å². The van der Waals surface area contributed by atoms with E-state index < -0.39 is 0 Å². The molecule has 1 N–H and O–H groups in total. The highest BCUT2D eigenvalue weighted by molar-refractivity contribution is 5.33. The molecule has 18 heavy (non-hydrogen) atoms. The molecule has 1 unspecified atom stereocenters. The highest BCUT2D eigenvalue weighted by atomic mass is 19.1. The fraction of sp³-hybridized carbons (Fsp3) is 0.500. The summed E-state index contributed by atoms with van der Waals surface area (Å²) in [4.78, 5) is 0. The summed E-state index contributed by atoms with van der Waals surface area (Å²) in [6.45, 7) is 2.01. The van der Waals surface area contributed by atoms with Gasteiger partial charge in [-0.3, -0.25) is 0 Å². The minimum atomic E-state index is -0.106. The monoisotopic (exact) mass is 247 g/mol. The molecule has 0 bridgehead atoms. The van der Waals surface area contributed by atoms with Crippen LogP contribution in [-0.4, -0.2) is 7.05 Å². The molecule has 1 aromatic carbocycles. The largest absolute Gasteiger partial charge is 0.310 e. The molecule has 0 saturated carbocycles. The van der Waals surface area contributed by atoms with Crippen LogP contribution >= 0.6 is 0 Å². The van der Waals surface area contributed by atoms with Gasteiger partial charge in [0.2, 0.25) is 0 Å². The molecule has 0 aromatic heterocycles. The zero-order valence-electron chi connectivity index (χ0n) is 11.3. The van der Waals surface area contributed by atoms with Crippen LogP contribution < -0.4 is 5.32 Å². The van der Waals surface area contributed by atoms with Crippen LogP contribution in [0.25, 0.3) is 0 Å². The van der Waals surface area contributed by atoms with Crippen molar-refractivity contribution in [2.45, 2.75) is 45.1 Å². The summed E-state index contributed by atoms with van der Waals surface area (Å²) in [6.07, 6.45) is 8.27. The predicted octanol–water partition coefficient (Wildman–Crippen LogP) is 4.29. The third-order valence-corrected chi connectivity index (χ3v) is 3.70. The summed E-state index contributed by atoms with van der Waals surface area (Å²) in [5.74, 6) is -0.106. The van der Waals surface area contributed by atoms with Crippen LogP contribution in [0.5, 0.6) is 0 Å². The van der Waals surface area contributed by atoms with E-state index in [9.17, 15) is 4.39 Å². The molecule has 1 nitrogen and oxygen atoms in total. The van der Waals surface area contributed by atoms with Gasteiger partial charge in [-0.05, 0) is 45.7 Å². The van der Waals surface area contributed by atoms with Crippen LogP contribution in [0.2, 0.25) is 0 Å². The van der Waals surface area contributed by atoms with Crippen LogP contribution in [0.3, 0.4) is 0 Å². The third kappa shape index (κ3) is 2.99. The Morgan fingerprint density at radius 3 is 2.83 bits per heavy atom. The molecule has 2 rings (SSSR count). The van der Waals surface area contributed by atoms with Gasteiger partial charge in [0.05, 0.1) is 6.04 Å². The maximum Gasteiger partial charge on any atom is 0.128 e. The summed E-state index contributed by atoms with van der Waals surface area (Å²) in [5.41, 5.74) is 3.24. The zero-order chi connectivity index (χ0) is 13.0. The van der Waals surface area contributed by atoms with E-state index in [2.05, 4.69) is 11.4 Å². The number of likely N-dealkylation sites (N-methyl/N-ethyl adjacent to an activating group) is 1. The van der Waals surface area contributed by atoms with Crippen molar-refractivity contribution in [1.82, 2.24) is 5.32 Å². The van der Waals surface area contributed by atoms with E-state index >= 15 is 0 Å². The topological polar surface area (TPSA) is 12.0 Å². The lowest BCUT2D eigenvalue weighted by molar-refractivity contribution is 0.559. The zero-order valence-corrected chi connectivity index (χ0v) is 11.3. The molecule has 0 fully saturated rings. The number of halogens is 1. The lowest BCUT2D eigenvalue weighted by atomic mass is 9.94. The molecule has 1 atom stereocenters. The van der Waals surface area contributed by atoms with E-state index in [4.69, 9.17) is 0 Å². The first kappa shape index (κ1) is 13.3. The number of hydrogen-bond acceptors (Lipinski definition) is 1. The van der Waals surface area contributed by atoms with Crippen molar-refractivity contribution < 1.29 is 4.39 Å². The average molecular weight is 247 g/mol. The van der Waals surface area contributed by atoms with Gasteiger partial charge < -0.3 is 5.32 Å². The third-order valence-electron chi connectivity index (χ3n) is 3.70. The van der Waals surface area contributed by atoms with E-state index in [0.29, 0.717) is 0 Å². The van der Waals surface area contributed by atoms with Crippen LogP contribution in [0, 0.1) is 12.7 Å². The molecule has 1 aromatic rings. The number of benzene rings is 1. The molecule has 0 amide bonds. The summed E-state index contributed by atoms with van der Waals surface area (Å²) in [7, 11) is 1.91. The van der Waals surface area contributed by atoms with Crippen molar-refractivity contribution >= 4 is 0 Å². The molecular formula is C16H22FN. The normalized spacial score (nSPS) is 18.1. The fourth-order valence-electron chi connectivity index (χ4n) is 2.73. The van der Waals surface area contributed by atoms with Gasteiger partial charge in [0.1, 0.15) is 5.82 Å². The van der Waals surface area contributed by atoms with Crippen LogP contribution in [-0.2, 0) is 0 Å². The van der Waals surface area contributed by atoms with Gasteiger partial charge in [-0.25, -0.2) is 4.39 Å². The molecule has 1 aliphatic rings. The quantitative estimate of drug-likeness (QED) is 0.786. The maximum atomic E-state index is 14.0. The van der Waals surface area contributed by atoms with Crippen molar-refractivity contribution in [2.24, 2.45) is 0 Å². The molecule has 0 heterocycles. The first-order chi connectivity index (χ1) is 8.72. The number of nitrogens with one attached hydrogen (secondary N) is 1. The van der Waals surface area contributed by atoms with Crippen LogP contribution in [0.4, 0.5) is 4.39 Å². The van der Waals surface area contributed by atoms with E-state index in [1.54, 1.807) is 6.07 Å². The van der Waals surface area contributed by atoms with Crippen LogP contribution in [0.1, 0.15) is 49.3 Å². The Morgan fingerprint density at radius 1 is 1.22 bits per heavy atom. The molecular weight excluding hydrogens is 225 g/mol. The molecule has 1 aliphatic carbocycles. The molecule has 0 aliphatic heterocycles. The molecule has 98 valence electrons. The number of hydrogen-bond donors (Lipinski definition) is 1. The van der Waals surface area contributed by atoms with Gasteiger partial charge in [-0.2, -0.15) is 0 Å². The number of allylic oxidation sites excluding steroid dienone is 1. The fourth-order valence-corrected chi connectivity index (χ4v) is 2.73. The second-order valence-corrected chi connectivity index (χ2v) is 5.13. The predicted molar refractivity (Wildman–Crippen MR) is 74.1 cm³/mol. The summed E-state index contributed by atoms with van der Waals surface area (Å²) >= 11 is 0. The van der Waals surface area contributed by atoms with Gasteiger partial charge in [0, 0.05) is 5.56 Å². The molecule has 0 spiro atoms. The Morgan fingerprint density at radius 2 is 2.06 bits per heavy atom. The minimum absolute atomic E-state index is 0.0306. The highest BCUT2D eigenvalue weighted by Crippen LogP contribution is 2.30. The Bertz CT molecular complexity index is 437. The lowest BCUT2D eigenvalue weighted by Crippen LogP contribution is -2.20. The van der Waals surface area contributed by atoms with Crippen molar-refractivity contribution in [3.05, 3.63) is 46.8 Å². The molecule has 0 radical (unpaired) electrons. The Hall–Kier alpha value is -1.15. The Kier molecular flexibility index (Phi) is 4.54. The van der Waals surface area contributed by atoms with Gasteiger partial charge in [0.25, 0.3) is 0 Å². The average Bonchev–Trinajstić information content (AvgIpc) is 2.64. The lowest BCUT2D eigenvalue weighted by Gasteiger charge is -2.21. The second-order valence-electron chi connectivity index (χ2n) is 5.13. The standard InChI is InChI=1S/C16H22FN/c1-12-9-10-15(17)14(11-12)16(18-2)13-7-5-3-4-6-8-13/h7,9-11,16,18H,3-6,8H2,1-2H3. The van der Waals surface area contributed by atoms with E-state index in [0.717, 1.165) is 24.0 Å². The van der Waals surface area contributed by atoms with Crippen molar-refractivity contribution in [1.29, 1.82) is 0 Å². The minimum Gasteiger partial charge on any atom is -0.310 e. The highest BCUT2D eigenvalue weighted by Gasteiger charge is 2.19. The van der Waals surface area contributed by atoms with Gasteiger partial charge in [0.15, 0.2) is 0 Å². The summed E-state index contributed by atoms with van der Waals surface area (Å²) < 4.78 is 14.0. The molecule has 0 saturated heterocycles. The first-order valence-electron chi connectivity index (χ1n) is 6.84. The SMILES string of the molecule is CNC(C1=CCCCCC1)c1cc(C)ccc1F. The maximum absolute atomic E-state index is 14.0. The number of aryl methyl sites for hydroxylation is 1. The van der Waals surface area contributed by atoms with E-state index in [-0.39, 0.29) is 11.9 Å². The van der Waals surface area contributed by atoms with Gasteiger partial charge in [-0.15, -0.1) is 0 Å². The van der Waals surface area contributed by atoms with Crippen molar-refractivity contribution in [3.63, 3.8) is 0 Å². The molecule has 2 heteroatoms. The van der Waals surface area contributed by atoms with Crippen molar-refractivity contribution in [2.75, 3.05) is 7.05 Å². The van der Waals surface area contributed by atoms with Crippen LogP contribution in [0.15, 0.2) is 29.8 Å². The smallest absolute Gasteiger partial charge is 0.128 e. The summed E-state index contributed by atoms with van der Waals surface area (Å²) in [5, 5.41) is 3.28. The van der Waals surface area contributed by atoms with Gasteiger partial charge in [-0.1, -0.05) is 35.8 Å². The van der Waals surface area contributed by atoms with E-state index in [1.165, 1.54) is 24.8 Å².